The molecule has 0 unspecified atom stereocenters. The van der Waals surface area contributed by atoms with Crippen molar-refractivity contribution in [3.8, 4) is 17.0 Å². The summed E-state index contributed by atoms with van der Waals surface area (Å²) < 4.78 is 38.1. The van der Waals surface area contributed by atoms with E-state index in [2.05, 4.69) is 30.6 Å². The third kappa shape index (κ3) is 4.20. The number of anilines is 1. The van der Waals surface area contributed by atoms with E-state index in [0.717, 1.165) is 42.2 Å². The average molecular weight is 457 g/mol. The van der Waals surface area contributed by atoms with Crippen molar-refractivity contribution in [3.63, 3.8) is 0 Å². The van der Waals surface area contributed by atoms with Gasteiger partial charge in [0.05, 0.1) is 24.1 Å². The number of nitrogens with one attached hydrogen (secondary N) is 2. The van der Waals surface area contributed by atoms with Crippen LogP contribution in [0.1, 0.15) is 25.7 Å². The molecule has 1 saturated carbocycles. The number of fused-ring (bicyclic) bond motifs is 2. The van der Waals surface area contributed by atoms with Gasteiger partial charge in [0.15, 0.2) is 0 Å². The first-order valence-electron chi connectivity index (χ1n) is 10.9. The minimum Gasteiger partial charge on any atom is -0.480 e. The molecule has 11 heteroatoms. The number of nitrogens with zero attached hydrogens (tertiary/aromatic N) is 5. The van der Waals surface area contributed by atoms with Crippen molar-refractivity contribution in [3.05, 3.63) is 24.4 Å². The van der Waals surface area contributed by atoms with Crippen LogP contribution in [0.2, 0.25) is 0 Å². The van der Waals surface area contributed by atoms with Crippen LogP contribution in [0.4, 0.5) is 14.7 Å². The molecule has 0 radical (unpaired) electrons. The fourth-order valence-corrected chi connectivity index (χ4v) is 4.46. The Hall–Kier alpha value is -3.34. The lowest BCUT2D eigenvalue weighted by atomic mass is 9.93. The minimum atomic E-state index is -2.52. The molecule has 33 heavy (non-hydrogen) atoms. The first kappa shape index (κ1) is 21.5. The Morgan fingerprint density at radius 3 is 2.73 bits per heavy atom. The molecule has 2 N–H and O–H groups in total. The van der Waals surface area contributed by atoms with E-state index in [4.69, 9.17) is 9.47 Å². The van der Waals surface area contributed by atoms with Gasteiger partial charge in [0.2, 0.25) is 11.8 Å². The number of methoxy groups -OCH3 is 2. The van der Waals surface area contributed by atoms with Gasteiger partial charge in [-0.3, -0.25) is 0 Å². The van der Waals surface area contributed by atoms with Crippen molar-refractivity contribution >= 4 is 28.0 Å². The Morgan fingerprint density at radius 2 is 2.00 bits per heavy atom. The molecule has 3 heterocycles. The fourth-order valence-electron chi connectivity index (χ4n) is 4.46. The zero-order chi connectivity index (χ0) is 22.9. The molecule has 5 rings (SSSR count). The molecule has 1 aromatic carbocycles. The van der Waals surface area contributed by atoms with Gasteiger partial charge in [0.25, 0.3) is 6.43 Å². The van der Waals surface area contributed by atoms with Crippen LogP contribution in [0, 0.1) is 0 Å². The number of benzene rings is 1. The van der Waals surface area contributed by atoms with E-state index in [1.165, 1.54) is 4.68 Å². The predicted molar refractivity (Wildman–Crippen MR) is 120 cm³/mol. The van der Waals surface area contributed by atoms with Crippen molar-refractivity contribution < 1.29 is 18.3 Å². The summed E-state index contributed by atoms with van der Waals surface area (Å²) in [7, 11) is 3.32. The summed E-state index contributed by atoms with van der Waals surface area (Å²) in [6.07, 6.45) is 3.58. The SMILES string of the molecule is COc1nc(NC2CCC(OC)CC2)nc2[nH]cc(-c3ccc4nnn(CC(F)F)c4c3)c12. The average Bonchev–Trinajstić information content (AvgIpc) is 3.42. The number of rotatable bonds is 7. The number of H-pyrrole nitrogens is 1. The van der Waals surface area contributed by atoms with Gasteiger partial charge in [-0.05, 0) is 43.4 Å². The Labute approximate surface area is 188 Å². The van der Waals surface area contributed by atoms with Crippen molar-refractivity contribution in [1.29, 1.82) is 0 Å². The molecule has 1 fully saturated rings. The summed E-state index contributed by atoms with van der Waals surface area (Å²) in [5, 5.41) is 12.0. The van der Waals surface area contributed by atoms with E-state index >= 15 is 0 Å². The van der Waals surface area contributed by atoms with Gasteiger partial charge in [0.1, 0.15) is 17.7 Å². The van der Waals surface area contributed by atoms with Crippen molar-refractivity contribution in [2.45, 2.75) is 50.8 Å². The number of aromatic nitrogens is 6. The summed E-state index contributed by atoms with van der Waals surface area (Å²) in [5.41, 5.74) is 3.32. The van der Waals surface area contributed by atoms with E-state index in [1.54, 1.807) is 26.4 Å². The zero-order valence-corrected chi connectivity index (χ0v) is 18.4. The molecule has 3 aromatic heterocycles. The molecular weight excluding hydrogens is 432 g/mol. The first-order valence-corrected chi connectivity index (χ1v) is 10.9. The molecule has 1 aliphatic carbocycles. The van der Waals surface area contributed by atoms with Crippen LogP contribution in [-0.2, 0) is 11.3 Å². The summed E-state index contributed by atoms with van der Waals surface area (Å²) in [5.74, 6) is 0.937. The van der Waals surface area contributed by atoms with Crippen molar-refractivity contribution in [2.75, 3.05) is 19.5 Å². The van der Waals surface area contributed by atoms with Gasteiger partial charge >= 0.3 is 0 Å². The van der Waals surface area contributed by atoms with Crippen LogP contribution in [-0.4, -0.2) is 62.7 Å². The first-order chi connectivity index (χ1) is 16.1. The van der Waals surface area contributed by atoms with Gasteiger partial charge in [-0.25, -0.2) is 13.5 Å². The quantitative estimate of drug-likeness (QED) is 0.432. The highest BCUT2D eigenvalue weighted by Crippen LogP contribution is 2.35. The number of ether oxygens (including phenoxy) is 2. The molecule has 174 valence electrons. The third-order valence-electron chi connectivity index (χ3n) is 6.17. The monoisotopic (exact) mass is 457 g/mol. The fraction of sp³-hybridized carbons (Fsp3) is 0.455. The lowest BCUT2D eigenvalue weighted by Gasteiger charge is -2.28. The molecule has 0 atom stereocenters. The summed E-state index contributed by atoms with van der Waals surface area (Å²) in [6, 6.07) is 5.70. The predicted octanol–water partition coefficient (Wildman–Crippen LogP) is 4.01. The molecule has 0 bridgehead atoms. The Kier molecular flexibility index (Phi) is 5.79. The second-order valence-corrected chi connectivity index (χ2v) is 8.20. The van der Waals surface area contributed by atoms with Crippen molar-refractivity contribution in [1.82, 2.24) is 29.9 Å². The van der Waals surface area contributed by atoms with Gasteiger partial charge in [0, 0.05) is 24.9 Å². The van der Waals surface area contributed by atoms with E-state index in [9.17, 15) is 8.78 Å². The highest BCUT2D eigenvalue weighted by atomic mass is 19.3. The van der Waals surface area contributed by atoms with Crippen LogP contribution < -0.4 is 10.1 Å². The number of halogens is 2. The lowest BCUT2D eigenvalue weighted by molar-refractivity contribution is 0.0681. The Bertz CT molecular complexity index is 1260. The van der Waals surface area contributed by atoms with E-state index in [1.807, 2.05) is 12.3 Å². The normalized spacial score (nSPS) is 18.9. The topological polar surface area (TPSA) is 103 Å². The number of hydrogen-bond donors (Lipinski definition) is 2. The van der Waals surface area contributed by atoms with E-state index in [-0.39, 0.29) is 6.04 Å². The largest absolute Gasteiger partial charge is 0.480 e. The maximum absolute atomic E-state index is 12.9. The minimum absolute atomic E-state index is 0.276. The lowest BCUT2D eigenvalue weighted by Crippen LogP contribution is -2.29. The third-order valence-corrected chi connectivity index (χ3v) is 6.17. The van der Waals surface area contributed by atoms with Crippen molar-refractivity contribution in [2.24, 2.45) is 0 Å². The highest BCUT2D eigenvalue weighted by molar-refractivity contribution is 5.99. The number of hydrogen-bond acceptors (Lipinski definition) is 7. The van der Waals surface area contributed by atoms with Gasteiger partial charge < -0.3 is 19.8 Å². The van der Waals surface area contributed by atoms with Crippen LogP contribution in [0.3, 0.4) is 0 Å². The summed E-state index contributed by atoms with van der Waals surface area (Å²) in [6.45, 7) is -0.512. The molecular formula is C22H25F2N7O2. The smallest absolute Gasteiger partial charge is 0.258 e. The summed E-state index contributed by atoms with van der Waals surface area (Å²) in [4.78, 5) is 12.4. The van der Waals surface area contributed by atoms with Crippen LogP contribution in [0.5, 0.6) is 5.88 Å². The van der Waals surface area contributed by atoms with Gasteiger partial charge in [-0.15, -0.1) is 5.10 Å². The summed E-state index contributed by atoms with van der Waals surface area (Å²) >= 11 is 0. The van der Waals surface area contributed by atoms with E-state index in [0.29, 0.717) is 34.6 Å². The van der Waals surface area contributed by atoms with Gasteiger partial charge in [-0.2, -0.15) is 9.97 Å². The van der Waals surface area contributed by atoms with Crippen LogP contribution >= 0.6 is 0 Å². The molecule has 0 spiro atoms. The highest BCUT2D eigenvalue weighted by Gasteiger charge is 2.23. The van der Waals surface area contributed by atoms with Crippen LogP contribution in [0.25, 0.3) is 33.2 Å². The maximum atomic E-state index is 12.9. The van der Waals surface area contributed by atoms with Crippen LogP contribution in [0.15, 0.2) is 24.4 Å². The Morgan fingerprint density at radius 1 is 1.18 bits per heavy atom. The molecule has 0 amide bonds. The Balaban J connectivity index is 1.47. The molecule has 9 nitrogen and oxygen atoms in total. The second kappa shape index (κ2) is 8.89. The standard InChI is InChI=1S/C22H25F2N7O2/c1-32-14-6-4-13(5-7-14)26-22-27-20-19(21(28-22)33-2)15(10-25-20)12-3-8-16-17(9-12)31(30-29-16)11-18(23)24/h3,8-10,13-14,18H,4-7,11H2,1-2H3,(H2,25,26,27,28). The molecule has 0 aliphatic heterocycles. The maximum Gasteiger partial charge on any atom is 0.258 e. The second-order valence-electron chi connectivity index (χ2n) is 8.20. The zero-order valence-electron chi connectivity index (χ0n) is 18.4. The number of aromatic amines is 1. The molecule has 1 aliphatic rings. The number of alkyl halides is 2. The van der Waals surface area contributed by atoms with E-state index < -0.39 is 13.0 Å². The molecule has 4 aromatic rings. The van der Waals surface area contributed by atoms with Gasteiger partial charge in [-0.1, -0.05) is 11.3 Å². The molecule has 0 saturated heterocycles.